The van der Waals surface area contributed by atoms with E-state index in [0.717, 1.165) is 29.9 Å². The first-order valence-electron chi connectivity index (χ1n) is 5.01. The van der Waals surface area contributed by atoms with Gasteiger partial charge in [0.25, 0.3) is 0 Å². The van der Waals surface area contributed by atoms with E-state index >= 15 is 0 Å². The molecule has 1 aromatic heterocycles. The fraction of sp³-hybridized carbons (Fsp3) is 0.364. The zero-order valence-electron chi connectivity index (χ0n) is 8.62. The van der Waals surface area contributed by atoms with Gasteiger partial charge >= 0.3 is 0 Å². The van der Waals surface area contributed by atoms with Crippen molar-refractivity contribution in [1.29, 1.82) is 0 Å². The average molecular weight is 189 g/mol. The molecule has 0 spiro atoms. The van der Waals surface area contributed by atoms with Gasteiger partial charge in [0.1, 0.15) is 0 Å². The first-order valence-corrected chi connectivity index (χ1v) is 5.01. The average Bonchev–Trinajstić information content (AvgIpc) is 2.55. The van der Waals surface area contributed by atoms with E-state index in [9.17, 15) is 0 Å². The van der Waals surface area contributed by atoms with Crippen LogP contribution in [0.4, 0.5) is 5.69 Å². The van der Waals surface area contributed by atoms with Gasteiger partial charge in [-0.2, -0.15) is 5.10 Å². The Kier molecular flexibility index (Phi) is 2.15. The molecular formula is C11H15N3. The zero-order chi connectivity index (χ0) is 10.1. The molecule has 2 N–H and O–H groups in total. The second-order valence-corrected chi connectivity index (χ2v) is 3.39. The third kappa shape index (κ3) is 1.25. The lowest BCUT2D eigenvalue weighted by Crippen LogP contribution is -1.96. The van der Waals surface area contributed by atoms with E-state index in [1.807, 2.05) is 16.8 Å². The van der Waals surface area contributed by atoms with Gasteiger partial charge in [0.2, 0.25) is 0 Å². The Morgan fingerprint density at radius 1 is 1.36 bits per heavy atom. The Labute approximate surface area is 83.5 Å². The molecule has 0 aliphatic rings. The number of hydrogen-bond acceptors (Lipinski definition) is 2. The Morgan fingerprint density at radius 3 is 2.79 bits per heavy atom. The van der Waals surface area contributed by atoms with Crippen LogP contribution in [0.1, 0.15) is 19.5 Å². The molecule has 0 aliphatic heterocycles. The van der Waals surface area contributed by atoms with Crippen molar-refractivity contribution in [3.05, 3.63) is 23.9 Å². The second kappa shape index (κ2) is 3.33. The molecule has 0 amide bonds. The molecule has 0 unspecified atom stereocenters. The maximum atomic E-state index is 5.76. The van der Waals surface area contributed by atoms with Gasteiger partial charge in [-0.3, -0.25) is 4.68 Å². The summed E-state index contributed by atoms with van der Waals surface area (Å²) in [5.74, 6) is 0. The minimum atomic E-state index is 0.801. The maximum absolute atomic E-state index is 5.76. The smallest absolute Gasteiger partial charge is 0.0705 e. The van der Waals surface area contributed by atoms with E-state index in [1.165, 1.54) is 5.39 Å². The predicted octanol–water partition coefficient (Wildman–Crippen LogP) is 2.20. The summed E-state index contributed by atoms with van der Waals surface area (Å²) in [7, 11) is 0. The normalized spacial score (nSPS) is 11.0. The summed E-state index contributed by atoms with van der Waals surface area (Å²) in [6.07, 6.45) is 0.966. The molecule has 0 radical (unpaired) electrons. The van der Waals surface area contributed by atoms with Gasteiger partial charge in [0.15, 0.2) is 0 Å². The van der Waals surface area contributed by atoms with E-state index in [0.29, 0.717) is 0 Å². The number of anilines is 1. The lowest BCUT2D eigenvalue weighted by Gasteiger charge is -1.98. The molecule has 0 fully saturated rings. The third-order valence-electron chi connectivity index (χ3n) is 2.49. The summed E-state index contributed by atoms with van der Waals surface area (Å²) in [5, 5.41) is 5.75. The zero-order valence-corrected chi connectivity index (χ0v) is 8.62. The quantitative estimate of drug-likeness (QED) is 0.736. The van der Waals surface area contributed by atoms with Gasteiger partial charge in [-0.1, -0.05) is 6.92 Å². The molecule has 0 saturated carbocycles. The SMILES string of the molecule is CCc1nn(CC)c2cc(N)ccc12. The molecule has 0 bridgehead atoms. The van der Waals surface area contributed by atoms with Crippen LogP contribution in [-0.2, 0) is 13.0 Å². The first-order chi connectivity index (χ1) is 6.76. The molecule has 0 saturated heterocycles. The first kappa shape index (κ1) is 9.06. The molecule has 0 aliphatic carbocycles. The molecule has 3 nitrogen and oxygen atoms in total. The maximum Gasteiger partial charge on any atom is 0.0705 e. The van der Waals surface area contributed by atoms with Crippen molar-refractivity contribution in [2.75, 3.05) is 5.73 Å². The highest BCUT2D eigenvalue weighted by molar-refractivity contribution is 5.84. The number of rotatable bonds is 2. The van der Waals surface area contributed by atoms with Crippen LogP contribution >= 0.6 is 0 Å². The predicted molar refractivity (Wildman–Crippen MR) is 59.2 cm³/mol. The van der Waals surface area contributed by atoms with Crippen LogP contribution in [0.25, 0.3) is 10.9 Å². The standard InChI is InChI=1S/C11H15N3/c1-3-10-9-6-5-8(12)7-11(9)14(4-2)13-10/h5-7H,3-4,12H2,1-2H3. The highest BCUT2D eigenvalue weighted by atomic mass is 15.3. The highest BCUT2D eigenvalue weighted by Crippen LogP contribution is 2.21. The molecule has 74 valence electrons. The molecule has 0 atom stereocenters. The third-order valence-corrected chi connectivity index (χ3v) is 2.49. The lowest BCUT2D eigenvalue weighted by molar-refractivity contribution is 0.670. The van der Waals surface area contributed by atoms with Crippen LogP contribution in [0.15, 0.2) is 18.2 Å². The summed E-state index contributed by atoms with van der Waals surface area (Å²) < 4.78 is 2.00. The van der Waals surface area contributed by atoms with Gasteiger partial charge in [-0.05, 0) is 31.5 Å². The van der Waals surface area contributed by atoms with Crippen LogP contribution in [0.2, 0.25) is 0 Å². The van der Waals surface area contributed by atoms with Crippen molar-refractivity contribution < 1.29 is 0 Å². The molecule has 2 rings (SSSR count). The van der Waals surface area contributed by atoms with E-state index in [1.54, 1.807) is 0 Å². The van der Waals surface area contributed by atoms with Crippen LogP contribution in [0.5, 0.6) is 0 Å². The summed E-state index contributed by atoms with van der Waals surface area (Å²) in [4.78, 5) is 0. The number of nitrogen functional groups attached to an aromatic ring is 1. The van der Waals surface area contributed by atoms with E-state index in [2.05, 4.69) is 25.0 Å². The van der Waals surface area contributed by atoms with E-state index in [-0.39, 0.29) is 0 Å². The van der Waals surface area contributed by atoms with Gasteiger partial charge in [-0.25, -0.2) is 0 Å². The van der Waals surface area contributed by atoms with Gasteiger partial charge in [-0.15, -0.1) is 0 Å². The minimum absolute atomic E-state index is 0.801. The highest BCUT2D eigenvalue weighted by Gasteiger charge is 2.07. The fourth-order valence-corrected chi connectivity index (χ4v) is 1.76. The van der Waals surface area contributed by atoms with Crippen LogP contribution < -0.4 is 5.73 Å². The number of aromatic nitrogens is 2. The molecule has 1 aromatic carbocycles. The van der Waals surface area contributed by atoms with E-state index < -0.39 is 0 Å². The van der Waals surface area contributed by atoms with Crippen molar-refractivity contribution in [3.63, 3.8) is 0 Å². The fourth-order valence-electron chi connectivity index (χ4n) is 1.76. The molecule has 3 heteroatoms. The topological polar surface area (TPSA) is 43.8 Å². The van der Waals surface area contributed by atoms with Crippen LogP contribution in [-0.4, -0.2) is 9.78 Å². The molecule has 14 heavy (non-hydrogen) atoms. The summed E-state index contributed by atoms with van der Waals surface area (Å²) >= 11 is 0. The van der Waals surface area contributed by atoms with Crippen molar-refractivity contribution in [2.24, 2.45) is 0 Å². The number of nitrogens with two attached hydrogens (primary N) is 1. The van der Waals surface area contributed by atoms with Gasteiger partial charge in [0, 0.05) is 17.6 Å². The van der Waals surface area contributed by atoms with Crippen molar-refractivity contribution in [2.45, 2.75) is 26.8 Å². The van der Waals surface area contributed by atoms with Gasteiger partial charge in [0.05, 0.1) is 11.2 Å². The van der Waals surface area contributed by atoms with Crippen molar-refractivity contribution in [3.8, 4) is 0 Å². The summed E-state index contributed by atoms with van der Waals surface area (Å²) in [6.45, 7) is 5.10. The number of aryl methyl sites for hydroxylation is 2. The number of fused-ring (bicyclic) bond motifs is 1. The van der Waals surface area contributed by atoms with Crippen LogP contribution in [0.3, 0.4) is 0 Å². The Hall–Kier alpha value is -1.51. The Morgan fingerprint density at radius 2 is 2.14 bits per heavy atom. The van der Waals surface area contributed by atoms with Gasteiger partial charge < -0.3 is 5.73 Å². The monoisotopic (exact) mass is 189 g/mol. The van der Waals surface area contributed by atoms with Crippen LogP contribution in [0, 0.1) is 0 Å². The Bertz CT molecular complexity index is 457. The summed E-state index contributed by atoms with van der Waals surface area (Å²) in [5.41, 5.74) is 8.86. The molecule has 2 aromatic rings. The summed E-state index contributed by atoms with van der Waals surface area (Å²) in [6, 6.07) is 5.98. The number of benzene rings is 1. The van der Waals surface area contributed by atoms with E-state index in [4.69, 9.17) is 5.73 Å². The largest absolute Gasteiger partial charge is 0.399 e. The van der Waals surface area contributed by atoms with Crippen molar-refractivity contribution >= 4 is 16.6 Å². The molecule has 1 heterocycles. The Balaban J connectivity index is 2.75. The molecular weight excluding hydrogens is 174 g/mol. The number of hydrogen-bond donors (Lipinski definition) is 1. The second-order valence-electron chi connectivity index (χ2n) is 3.39. The number of nitrogens with zero attached hydrogens (tertiary/aromatic N) is 2. The lowest BCUT2D eigenvalue weighted by atomic mass is 10.1. The minimum Gasteiger partial charge on any atom is -0.399 e. The van der Waals surface area contributed by atoms with Crippen molar-refractivity contribution in [1.82, 2.24) is 9.78 Å².